The molecule has 2 heterocycles. The summed E-state index contributed by atoms with van der Waals surface area (Å²) >= 11 is 1.73. The van der Waals surface area contributed by atoms with Gasteiger partial charge in [-0.15, -0.1) is 0 Å². The van der Waals surface area contributed by atoms with E-state index in [0.29, 0.717) is 0 Å². The van der Waals surface area contributed by atoms with Crippen LogP contribution in [0.3, 0.4) is 0 Å². The fourth-order valence-corrected chi connectivity index (χ4v) is 3.03. The molecule has 0 saturated heterocycles. The zero-order chi connectivity index (χ0) is 14.5. The van der Waals surface area contributed by atoms with E-state index in [1.807, 2.05) is 47.4 Å². The average molecular weight is 298 g/mol. The number of hydrogen-bond acceptors (Lipinski definition) is 4. The van der Waals surface area contributed by atoms with Crippen molar-refractivity contribution in [1.82, 2.24) is 15.2 Å². The van der Waals surface area contributed by atoms with Crippen LogP contribution in [-0.4, -0.2) is 9.78 Å². The quantitative estimate of drug-likeness (QED) is 0.543. The summed E-state index contributed by atoms with van der Waals surface area (Å²) in [6.07, 6.45) is 5.88. The van der Waals surface area contributed by atoms with Crippen LogP contribution < -0.4 is 11.3 Å². The predicted octanol–water partition coefficient (Wildman–Crippen LogP) is 3.07. The van der Waals surface area contributed by atoms with Crippen LogP contribution in [0.5, 0.6) is 0 Å². The van der Waals surface area contributed by atoms with Crippen molar-refractivity contribution in [3.05, 3.63) is 70.7 Å². The number of thiophene rings is 1. The number of nitrogens with two attached hydrogens (primary N) is 1. The summed E-state index contributed by atoms with van der Waals surface area (Å²) in [4.78, 5) is 0. The van der Waals surface area contributed by atoms with Gasteiger partial charge < -0.3 is 0 Å². The molecule has 0 radical (unpaired) electrons. The normalized spacial score (nSPS) is 12.4. The molecule has 0 spiro atoms. The molecule has 4 nitrogen and oxygen atoms in total. The van der Waals surface area contributed by atoms with Crippen molar-refractivity contribution in [3.8, 4) is 5.69 Å². The molecule has 0 fully saturated rings. The van der Waals surface area contributed by atoms with Crippen molar-refractivity contribution in [2.45, 2.75) is 18.9 Å². The molecular formula is C16H18N4S. The molecule has 1 aromatic carbocycles. The molecule has 3 aromatic rings. The van der Waals surface area contributed by atoms with Gasteiger partial charge in [0.15, 0.2) is 0 Å². The van der Waals surface area contributed by atoms with Gasteiger partial charge in [-0.05, 0) is 47.4 Å². The van der Waals surface area contributed by atoms with Crippen LogP contribution in [0.2, 0.25) is 0 Å². The summed E-state index contributed by atoms with van der Waals surface area (Å²) in [6, 6.07) is 12.4. The first-order valence-electron chi connectivity index (χ1n) is 6.94. The van der Waals surface area contributed by atoms with Gasteiger partial charge in [0.1, 0.15) is 0 Å². The number of nitrogens with one attached hydrogen (secondary N) is 1. The third kappa shape index (κ3) is 3.39. The fourth-order valence-electron chi connectivity index (χ4n) is 2.33. The molecular weight excluding hydrogens is 280 g/mol. The van der Waals surface area contributed by atoms with Crippen molar-refractivity contribution < 1.29 is 0 Å². The van der Waals surface area contributed by atoms with Crippen molar-refractivity contribution in [2.24, 2.45) is 5.84 Å². The van der Waals surface area contributed by atoms with Crippen LogP contribution in [-0.2, 0) is 6.42 Å². The Balaban J connectivity index is 1.71. The Labute approximate surface area is 128 Å². The Bertz CT molecular complexity index is 661. The number of hydrogen-bond donors (Lipinski definition) is 2. The van der Waals surface area contributed by atoms with E-state index in [1.54, 1.807) is 11.3 Å². The molecule has 21 heavy (non-hydrogen) atoms. The van der Waals surface area contributed by atoms with Gasteiger partial charge in [0.2, 0.25) is 0 Å². The molecule has 0 amide bonds. The fraction of sp³-hybridized carbons (Fsp3) is 0.188. The lowest BCUT2D eigenvalue weighted by Crippen LogP contribution is -2.28. The number of para-hydroxylation sites is 1. The highest BCUT2D eigenvalue weighted by Gasteiger charge is 2.12. The molecule has 108 valence electrons. The first kappa shape index (κ1) is 14.0. The van der Waals surface area contributed by atoms with Crippen molar-refractivity contribution in [3.63, 3.8) is 0 Å². The van der Waals surface area contributed by atoms with Crippen LogP contribution >= 0.6 is 11.3 Å². The monoisotopic (exact) mass is 298 g/mol. The van der Waals surface area contributed by atoms with Crippen LogP contribution in [0.15, 0.2) is 59.6 Å². The number of nitrogens with zero attached hydrogens (tertiary/aromatic N) is 2. The minimum atomic E-state index is 0.113. The van der Waals surface area contributed by atoms with Gasteiger partial charge in [-0.25, -0.2) is 4.68 Å². The lowest BCUT2D eigenvalue weighted by molar-refractivity contribution is 0.516. The standard InChI is InChI=1S/C16H18N4S/c17-19-16(7-6-13-8-9-21-12-13)14-10-18-20(11-14)15-4-2-1-3-5-15/h1-5,8-12,16,19H,6-7,17H2. The van der Waals surface area contributed by atoms with Crippen molar-refractivity contribution >= 4 is 11.3 Å². The zero-order valence-corrected chi connectivity index (χ0v) is 12.5. The molecule has 0 aliphatic carbocycles. The van der Waals surface area contributed by atoms with E-state index in [-0.39, 0.29) is 6.04 Å². The first-order valence-corrected chi connectivity index (χ1v) is 7.88. The molecule has 0 aliphatic rings. The smallest absolute Gasteiger partial charge is 0.0645 e. The molecule has 5 heteroatoms. The highest BCUT2D eigenvalue weighted by atomic mass is 32.1. The molecule has 0 aliphatic heterocycles. The molecule has 3 N–H and O–H groups in total. The van der Waals surface area contributed by atoms with Gasteiger partial charge in [0.25, 0.3) is 0 Å². The van der Waals surface area contributed by atoms with Gasteiger partial charge in [0.05, 0.1) is 11.9 Å². The number of aryl methyl sites for hydroxylation is 1. The summed E-state index contributed by atoms with van der Waals surface area (Å²) < 4.78 is 1.88. The van der Waals surface area contributed by atoms with E-state index in [4.69, 9.17) is 5.84 Å². The summed E-state index contributed by atoms with van der Waals surface area (Å²) in [5.41, 5.74) is 6.41. The Hall–Kier alpha value is -1.95. The summed E-state index contributed by atoms with van der Waals surface area (Å²) in [6.45, 7) is 0. The van der Waals surface area contributed by atoms with E-state index >= 15 is 0 Å². The SMILES string of the molecule is NNC(CCc1ccsc1)c1cnn(-c2ccccc2)c1. The minimum absolute atomic E-state index is 0.113. The summed E-state index contributed by atoms with van der Waals surface area (Å²) in [7, 11) is 0. The zero-order valence-electron chi connectivity index (χ0n) is 11.6. The number of benzene rings is 1. The summed E-state index contributed by atoms with van der Waals surface area (Å²) in [5.74, 6) is 5.71. The van der Waals surface area contributed by atoms with Crippen LogP contribution in [0.1, 0.15) is 23.6 Å². The van der Waals surface area contributed by atoms with Crippen LogP contribution in [0, 0.1) is 0 Å². The van der Waals surface area contributed by atoms with E-state index in [9.17, 15) is 0 Å². The van der Waals surface area contributed by atoms with Gasteiger partial charge in [-0.3, -0.25) is 11.3 Å². The topological polar surface area (TPSA) is 55.9 Å². The van der Waals surface area contributed by atoms with E-state index in [2.05, 4.69) is 27.4 Å². The Morgan fingerprint density at radius 1 is 1.24 bits per heavy atom. The maximum atomic E-state index is 5.71. The molecule has 3 rings (SSSR count). The third-order valence-electron chi connectivity index (χ3n) is 3.53. The largest absolute Gasteiger partial charge is 0.271 e. The van der Waals surface area contributed by atoms with Crippen molar-refractivity contribution in [1.29, 1.82) is 0 Å². The second kappa shape index (κ2) is 6.67. The second-order valence-corrected chi connectivity index (χ2v) is 5.72. The summed E-state index contributed by atoms with van der Waals surface area (Å²) in [5, 5.41) is 8.71. The van der Waals surface area contributed by atoms with Gasteiger partial charge in [-0.2, -0.15) is 16.4 Å². The van der Waals surface area contributed by atoms with E-state index in [1.165, 1.54) is 5.56 Å². The van der Waals surface area contributed by atoms with Gasteiger partial charge >= 0.3 is 0 Å². The second-order valence-electron chi connectivity index (χ2n) is 4.94. The minimum Gasteiger partial charge on any atom is -0.271 e. The Morgan fingerprint density at radius 3 is 2.81 bits per heavy atom. The van der Waals surface area contributed by atoms with Crippen LogP contribution in [0.4, 0.5) is 0 Å². The number of aromatic nitrogens is 2. The third-order valence-corrected chi connectivity index (χ3v) is 4.26. The van der Waals surface area contributed by atoms with Crippen molar-refractivity contribution in [2.75, 3.05) is 0 Å². The highest BCUT2D eigenvalue weighted by molar-refractivity contribution is 7.07. The van der Waals surface area contributed by atoms with Gasteiger partial charge in [0, 0.05) is 17.8 Å². The van der Waals surface area contributed by atoms with E-state index in [0.717, 1.165) is 24.1 Å². The van der Waals surface area contributed by atoms with E-state index < -0.39 is 0 Å². The Kier molecular flexibility index (Phi) is 4.45. The molecule has 0 saturated carbocycles. The predicted molar refractivity (Wildman–Crippen MR) is 86.3 cm³/mol. The molecule has 1 unspecified atom stereocenters. The average Bonchev–Trinajstić information content (AvgIpc) is 3.20. The first-order chi connectivity index (χ1) is 10.4. The molecule has 0 bridgehead atoms. The Morgan fingerprint density at radius 2 is 2.10 bits per heavy atom. The van der Waals surface area contributed by atoms with Gasteiger partial charge in [-0.1, -0.05) is 18.2 Å². The maximum Gasteiger partial charge on any atom is 0.0645 e. The molecule has 2 aromatic heterocycles. The molecule has 1 atom stereocenters. The van der Waals surface area contributed by atoms with Crippen LogP contribution in [0.25, 0.3) is 5.69 Å². The lowest BCUT2D eigenvalue weighted by Gasteiger charge is -2.13. The lowest BCUT2D eigenvalue weighted by atomic mass is 10.0. The number of rotatable bonds is 6. The highest BCUT2D eigenvalue weighted by Crippen LogP contribution is 2.20. The number of hydrazine groups is 1. The maximum absolute atomic E-state index is 5.71.